The number of alkyl halides is 3. The molecule has 0 spiro atoms. The molecule has 4 rings (SSSR count). The van der Waals surface area contributed by atoms with Gasteiger partial charge in [0, 0.05) is 36.4 Å². The summed E-state index contributed by atoms with van der Waals surface area (Å²) in [5, 5.41) is 2.86. The number of hydrogen-bond donors (Lipinski definition) is 1. The molecule has 1 amide bonds. The van der Waals surface area contributed by atoms with Crippen molar-refractivity contribution in [1.29, 1.82) is 0 Å². The Kier molecular flexibility index (Phi) is 7.81. The number of amides is 1. The Bertz CT molecular complexity index is 1350. The maximum Gasteiger partial charge on any atom is 0.416 e. The van der Waals surface area contributed by atoms with Gasteiger partial charge in [0.2, 0.25) is 15.9 Å². The number of nitrogens with zero attached hydrogens (tertiary/aromatic N) is 1. The lowest BCUT2D eigenvalue weighted by Crippen LogP contribution is -2.40. The summed E-state index contributed by atoms with van der Waals surface area (Å²) in [6, 6.07) is 8.39. The number of nitrogens with one attached hydrogen (secondary N) is 1. The highest BCUT2D eigenvalue weighted by Gasteiger charge is 2.38. The highest BCUT2D eigenvalue weighted by molar-refractivity contribution is 7.92. The number of carbonyl (C=O) groups is 1. The molecule has 2 aliphatic heterocycles. The number of benzene rings is 2. The minimum atomic E-state index is -4.52. The van der Waals surface area contributed by atoms with Crippen LogP contribution >= 0.6 is 0 Å². The predicted molar refractivity (Wildman–Crippen MR) is 140 cm³/mol. The number of hydrogen-bond acceptors (Lipinski definition) is 5. The summed E-state index contributed by atoms with van der Waals surface area (Å²) < 4.78 is 77.8. The van der Waals surface area contributed by atoms with Gasteiger partial charge in [-0.05, 0) is 49.1 Å². The van der Waals surface area contributed by atoms with Crippen LogP contribution in [-0.4, -0.2) is 45.9 Å². The Balaban J connectivity index is 1.68. The number of sulfonamides is 1. The van der Waals surface area contributed by atoms with E-state index in [1.807, 2.05) is 13.8 Å². The monoisotopic (exact) mass is 552 g/mol. The van der Waals surface area contributed by atoms with Crippen molar-refractivity contribution in [2.45, 2.75) is 51.3 Å². The van der Waals surface area contributed by atoms with E-state index >= 15 is 0 Å². The molecule has 0 saturated carbocycles. The first-order valence-electron chi connectivity index (χ1n) is 12.5. The van der Waals surface area contributed by atoms with Crippen LogP contribution in [0.1, 0.15) is 49.8 Å². The fraction of sp³-hybridized carbons (Fsp3) is 0.444. The summed E-state index contributed by atoms with van der Waals surface area (Å²) in [7, 11) is -2.02. The van der Waals surface area contributed by atoms with Gasteiger partial charge in [0.1, 0.15) is 11.4 Å². The molecule has 0 fully saturated rings. The summed E-state index contributed by atoms with van der Waals surface area (Å²) in [4.78, 5) is 13.2. The second-order valence-electron chi connectivity index (χ2n) is 9.47. The molecule has 206 valence electrons. The second kappa shape index (κ2) is 10.6. The van der Waals surface area contributed by atoms with Gasteiger partial charge in [-0.1, -0.05) is 26.0 Å². The first-order valence-corrected chi connectivity index (χ1v) is 14.1. The van der Waals surface area contributed by atoms with Crippen LogP contribution in [0, 0.1) is 0 Å². The molecule has 2 heterocycles. The molecule has 2 aromatic carbocycles. The lowest BCUT2D eigenvalue weighted by Gasteiger charge is -2.39. The van der Waals surface area contributed by atoms with Crippen molar-refractivity contribution in [3.05, 3.63) is 59.2 Å². The van der Waals surface area contributed by atoms with Crippen LogP contribution in [0.4, 0.5) is 24.5 Å². The molecule has 1 N–H and O–H groups in total. The van der Waals surface area contributed by atoms with Crippen molar-refractivity contribution in [3.8, 4) is 5.75 Å². The summed E-state index contributed by atoms with van der Waals surface area (Å²) in [6.45, 7) is 4.18. The maximum absolute atomic E-state index is 13.4. The van der Waals surface area contributed by atoms with E-state index in [4.69, 9.17) is 9.47 Å². The normalized spacial score (nSPS) is 18.9. The quantitative estimate of drug-likeness (QED) is 0.465. The molecule has 11 heteroatoms. The number of fused-ring (bicyclic) bond motifs is 2. The van der Waals surface area contributed by atoms with Gasteiger partial charge in [0.05, 0.1) is 30.2 Å². The number of ether oxygens (including phenoxy) is 2. The maximum atomic E-state index is 13.4. The topological polar surface area (TPSA) is 84.9 Å². The van der Waals surface area contributed by atoms with E-state index in [2.05, 4.69) is 5.32 Å². The van der Waals surface area contributed by atoms with Crippen molar-refractivity contribution in [2.24, 2.45) is 0 Å². The first-order chi connectivity index (χ1) is 17.9. The van der Waals surface area contributed by atoms with Gasteiger partial charge >= 0.3 is 6.18 Å². The molecular formula is C27H31F3N2O5S. The Morgan fingerprint density at radius 1 is 1.21 bits per heavy atom. The molecule has 0 bridgehead atoms. The minimum absolute atomic E-state index is 0.0978. The van der Waals surface area contributed by atoms with E-state index in [9.17, 15) is 26.4 Å². The van der Waals surface area contributed by atoms with Crippen molar-refractivity contribution in [2.75, 3.05) is 35.6 Å². The second-order valence-corrected chi connectivity index (χ2v) is 11.5. The van der Waals surface area contributed by atoms with Crippen molar-refractivity contribution in [3.63, 3.8) is 0 Å². The first kappa shape index (κ1) is 28.0. The van der Waals surface area contributed by atoms with Gasteiger partial charge in [-0.2, -0.15) is 13.2 Å². The average Bonchev–Trinajstić information content (AvgIpc) is 2.86. The molecule has 7 nitrogen and oxygen atoms in total. The van der Waals surface area contributed by atoms with Gasteiger partial charge in [0.15, 0.2) is 0 Å². The average molecular weight is 553 g/mol. The predicted octanol–water partition coefficient (Wildman–Crippen LogP) is 5.41. The molecule has 0 aromatic heterocycles. The lowest BCUT2D eigenvalue weighted by molar-refractivity contribution is -0.137. The van der Waals surface area contributed by atoms with E-state index in [1.54, 1.807) is 18.2 Å². The summed E-state index contributed by atoms with van der Waals surface area (Å²) in [5.74, 6) is -0.455. The zero-order valence-electron chi connectivity index (χ0n) is 21.5. The zero-order chi connectivity index (χ0) is 27.7. The third-order valence-corrected chi connectivity index (χ3v) is 8.98. The molecular weight excluding hydrogens is 521 g/mol. The summed E-state index contributed by atoms with van der Waals surface area (Å²) >= 11 is 0. The van der Waals surface area contributed by atoms with E-state index in [0.717, 1.165) is 12.1 Å². The standard InChI is InChI=1S/C27H31F3N2O5S/c1-4-26(5-2)17-18(20-10-9-19(27(28,29)30)16-24(20)37-26)15-25(33)31-22-7-6-8-23-21(22)11-14-38(34,35)32(23)12-13-36-3/h6-10,15-16H,4-5,11-14,17H2,1-3H3,(H,31,33). The third kappa shape index (κ3) is 5.54. The fourth-order valence-electron chi connectivity index (χ4n) is 4.97. The van der Waals surface area contributed by atoms with Gasteiger partial charge in [-0.25, -0.2) is 8.42 Å². The molecule has 0 atom stereocenters. The molecule has 0 unspecified atom stereocenters. The van der Waals surface area contributed by atoms with E-state index in [1.165, 1.54) is 23.6 Å². The van der Waals surface area contributed by atoms with Crippen LogP contribution in [0.25, 0.3) is 5.57 Å². The summed E-state index contributed by atoms with van der Waals surface area (Å²) in [6.07, 6.45) is -1.42. The summed E-state index contributed by atoms with van der Waals surface area (Å²) in [5.41, 5.74) is 1.15. The highest BCUT2D eigenvalue weighted by atomic mass is 32.2. The molecule has 38 heavy (non-hydrogen) atoms. The van der Waals surface area contributed by atoms with E-state index < -0.39 is 33.3 Å². The largest absolute Gasteiger partial charge is 0.486 e. The van der Waals surface area contributed by atoms with E-state index in [-0.39, 0.29) is 31.1 Å². The molecule has 2 aromatic rings. The van der Waals surface area contributed by atoms with Crippen LogP contribution < -0.4 is 14.4 Å². The number of anilines is 2. The lowest BCUT2D eigenvalue weighted by atomic mass is 9.83. The smallest absolute Gasteiger partial charge is 0.416 e. The van der Waals surface area contributed by atoms with Crippen LogP contribution in [0.5, 0.6) is 5.75 Å². The van der Waals surface area contributed by atoms with Gasteiger partial charge in [-0.15, -0.1) is 0 Å². The Morgan fingerprint density at radius 2 is 1.95 bits per heavy atom. The zero-order valence-corrected chi connectivity index (χ0v) is 22.3. The fourth-order valence-corrected chi connectivity index (χ4v) is 6.48. The molecule has 0 aliphatic carbocycles. The molecule has 0 saturated heterocycles. The third-order valence-electron chi connectivity index (χ3n) is 7.21. The number of halogens is 3. The van der Waals surface area contributed by atoms with Crippen LogP contribution in [-0.2, 0) is 32.2 Å². The van der Waals surface area contributed by atoms with Gasteiger partial charge in [-0.3, -0.25) is 9.10 Å². The van der Waals surface area contributed by atoms with E-state index in [0.29, 0.717) is 47.3 Å². The Labute approximate surface area is 220 Å². The Hall–Kier alpha value is -3.05. The van der Waals surface area contributed by atoms with Crippen LogP contribution in [0.3, 0.4) is 0 Å². The number of rotatable bonds is 7. The van der Waals surface area contributed by atoms with Gasteiger partial charge in [0.25, 0.3) is 0 Å². The van der Waals surface area contributed by atoms with Gasteiger partial charge < -0.3 is 14.8 Å². The van der Waals surface area contributed by atoms with Crippen molar-refractivity contribution in [1.82, 2.24) is 0 Å². The van der Waals surface area contributed by atoms with Crippen molar-refractivity contribution >= 4 is 32.9 Å². The molecule has 2 aliphatic rings. The van der Waals surface area contributed by atoms with Crippen LogP contribution in [0.2, 0.25) is 0 Å². The number of carbonyl (C=O) groups excluding carboxylic acids is 1. The van der Waals surface area contributed by atoms with Crippen LogP contribution in [0.15, 0.2) is 42.5 Å². The minimum Gasteiger partial charge on any atom is -0.486 e. The SMILES string of the molecule is CCC1(CC)CC(=CC(=O)Nc2cccc3c2CCS(=O)(=O)N3CCOC)c2ccc(C(F)(F)F)cc2O1. The molecule has 0 radical (unpaired) electrons. The highest BCUT2D eigenvalue weighted by Crippen LogP contribution is 2.45. The van der Waals surface area contributed by atoms with Crippen molar-refractivity contribution < 1.29 is 35.9 Å². The number of methoxy groups -OCH3 is 1. The Morgan fingerprint density at radius 3 is 2.61 bits per heavy atom.